The van der Waals surface area contributed by atoms with Crippen molar-refractivity contribution < 1.29 is 5.11 Å². The Morgan fingerprint density at radius 1 is 1.29 bits per heavy atom. The van der Waals surface area contributed by atoms with Gasteiger partial charge in [-0.15, -0.1) is 5.10 Å². The second-order valence-corrected chi connectivity index (χ2v) is 3.74. The van der Waals surface area contributed by atoms with Crippen molar-refractivity contribution >= 4 is 5.95 Å². The number of hydrogen-bond acceptors (Lipinski definition) is 5. The minimum absolute atomic E-state index is 0.245. The first-order valence-corrected chi connectivity index (χ1v) is 4.74. The fourth-order valence-corrected chi connectivity index (χ4v) is 1.43. The highest BCUT2D eigenvalue weighted by Gasteiger charge is 2.28. The van der Waals surface area contributed by atoms with Crippen LogP contribution in [-0.4, -0.2) is 40.0 Å². The van der Waals surface area contributed by atoms with Gasteiger partial charge in [0.05, 0.1) is 11.4 Å². The van der Waals surface area contributed by atoms with Gasteiger partial charge in [0, 0.05) is 25.6 Å². The average molecular weight is 194 g/mol. The molecule has 14 heavy (non-hydrogen) atoms. The minimum Gasteiger partial charge on any atom is -0.396 e. The van der Waals surface area contributed by atoms with E-state index in [1.54, 1.807) is 0 Å². The van der Waals surface area contributed by atoms with Crippen LogP contribution in [0.25, 0.3) is 0 Å². The average Bonchev–Trinajstić information content (AvgIpc) is 2.09. The SMILES string of the molecule is Cc1nnc(N2CC(CO)C2)nc1C. The largest absolute Gasteiger partial charge is 0.396 e. The summed E-state index contributed by atoms with van der Waals surface area (Å²) in [6.07, 6.45) is 0. The van der Waals surface area contributed by atoms with Gasteiger partial charge >= 0.3 is 0 Å². The summed E-state index contributed by atoms with van der Waals surface area (Å²) in [4.78, 5) is 6.36. The maximum absolute atomic E-state index is 8.87. The smallest absolute Gasteiger partial charge is 0.245 e. The Labute approximate surface area is 82.8 Å². The van der Waals surface area contributed by atoms with Gasteiger partial charge < -0.3 is 10.0 Å². The van der Waals surface area contributed by atoms with Crippen LogP contribution in [0.4, 0.5) is 5.95 Å². The standard InChI is InChI=1S/C9H14N4O/c1-6-7(2)11-12-9(10-6)13-3-8(4-13)5-14/h8,14H,3-5H2,1-2H3. The third kappa shape index (κ3) is 1.55. The Hall–Kier alpha value is -1.23. The summed E-state index contributed by atoms with van der Waals surface area (Å²) in [5.41, 5.74) is 1.79. The Morgan fingerprint density at radius 3 is 2.57 bits per heavy atom. The van der Waals surface area contributed by atoms with E-state index in [-0.39, 0.29) is 6.61 Å². The number of hydrogen-bond donors (Lipinski definition) is 1. The summed E-state index contributed by atoms with van der Waals surface area (Å²) in [6.45, 7) is 5.73. The molecule has 76 valence electrons. The lowest BCUT2D eigenvalue weighted by Crippen LogP contribution is -2.49. The summed E-state index contributed by atoms with van der Waals surface area (Å²) in [5, 5.41) is 16.9. The fourth-order valence-electron chi connectivity index (χ4n) is 1.43. The van der Waals surface area contributed by atoms with Crippen LogP contribution in [0.5, 0.6) is 0 Å². The second kappa shape index (κ2) is 3.49. The van der Waals surface area contributed by atoms with Gasteiger partial charge in [0.1, 0.15) is 0 Å². The highest BCUT2D eigenvalue weighted by atomic mass is 16.3. The number of aliphatic hydroxyl groups excluding tert-OH is 1. The van der Waals surface area contributed by atoms with Gasteiger partial charge in [0.2, 0.25) is 5.95 Å². The first kappa shape index (κ1) is 9.33. The third-order valence-electron chi connectivity index (χ3n) is 2.58. The van der Waals surface area contributed by atoms with E-state index >= 15 is 0 Å². The lowest BCUT2D eigenvalue weighted by molar-refractivity contribution is 0.199. The molecule has 0 unspecified atom stereocenters. The highest BCUT2D eigenvalue weighted by Crippen LogP contribution is 2.20. The molecule has 0 atom stereocenters. The molecule has 0 spiro atoms. The van der Waals surface area contributed by atoms with Crippen molar-refractivity contribution in [3.05, 3.63) is 11.4 Å². The van der Waals surface area contributed by atoms with Crippen LogP contribution in [0, 0.1) is 19.8 Å². The number of anilines is 1. The van der Waals surface area contributed by atoms with Gasteiger partial charge in [-0.25, -0.2) is 4.98 Å². The summed E-state index contributed by atoms with van der Waals surface area (Å²) < 4.78 is 0. The number of aryl methyl sites for hydroxylation is 2. The zero-order valence-electron chi connectivity index (χ0n) is 8.43. The second-order valence-electron chi connectivity index (χ2n) is 3.74. The van der Waals surface area contributed by atoms with Crippen LogP contribution in [-0.2, 0) is 0 Å². The Kier molecular flexibility index (Phi) is 2.33. The highest BCUT2D eigenvalue weighted by molar-refractivity contribution is 5.33. The molecule has 0 aliphatic carbocycles. The molecule has 1 N–H and O–H groups in total. The Bertz CT molecular complexity index is 336. The molecule has 1 aliphatic heterocycles. The van der Waals surface area contributed by atoms with E-state index in [0.29, 0.717) is 11.9 Å². The van der Waals surface area contributed by atoms with Gasteiger partial charge in [-0.1, -0.05) is 0 Å². The van der Waals surface area contributed by atoms with Crippen LogP contribution in [0.1, 0.15) is 11.4 Å². The zero-order valence-corrected chi connectivity index (χ0v) is 8.43. The molecule has 0 bridgehead atoms. The lowest BCUT2D eigenvalue weighted by atomic mass is 10.0. The summed E-state index contributed by atoms with van der Waals surface area (Å²) in [7, 11) is 0. The van der Waals surface area contributed by atoms with Crippen molar-refractivity contribution in [3.63, 3.8) is 0 Å². The lowest BCUT2D eigenvalue weighted by Gasteiger charge is -2.37. The van der Waals surface area contributed by atoms with Crippen LogP contribution >= 0.6 is 0 Å². The van der Waals surface area contributed by atoms with E-state index in [1.807, 2.05) is 18.7 Å². The molecule has 5 heteroatoms. The molecule has 0 aromatic carbocycles. The first-order chi connectivity index (χ1) is 6.70. The van der Waals surface area contributed by atoms with Crippen LogP contribution < -0.4 is 4.90 Å². The van der Waals surface area contributed by atoms with Crippen molar-refractivity contribution in [2.24, 2.45) is 5.92 Å². The fraction of sp³-hybridized carbons (Fsp3) is 0.667. The van der Waals surface area contributed by atoms with E-state index in [9.17, 15) is 0 Å². The molecule has 5 nitrogen and oxygen atoms in total. The van der Waals surface area contributed by atoms with Crippen LogP contribution in [0.2, 0.25) is 0 Å². The van der Waals surface area contributed by atoms with Gasteiger partial charge in [0.15, 0.2) is 0 Å². The van der Waals surface area contributed by atoms with Crippen molar-refractivity contribution in [2.45, 2.75) is 13.8 Å². The first-order valence-electron chi connectivity index (χ1n) is 4.74. The predicted molar refractivity (Wildman–Crippen MR) is 52.1 cm³/mol. The molecule has 1 aromatic rings. The van der Waals surface area contributed by atoms with Crippen molar-refractivity contribution in [2.75, 3.05) is 24.6 Å². The molecule has 2 rings (SSSR count). The van der Waals surface area contributed by atoms with Crippen LogP contribution in [0.3, 0.4) is 0 Å². The van der Waals surface area contributed by atoms with Crippen molar-refractivity contribution in [1.29, 1.82) is 0 Å². The van der Waals surface area contributed by atoms with E-state index in [0.717, 1.165) is 24.5 Å². The Balaban J connectivity index is 2.08. The van der Waals surface area contributed by atoms with E-state index in [4.69, 9.17) is 5.11 Å². The number of aromatic nitrogens is 3. The molecule has 1 aliphatic rings. The van der Waals surface area contributed by atoms with E-state index in [1.165, 1.54) is 0 Å². The quantitative estimate of drug-likeness (QED) is 0.713. The summed E-state index contributed by atoms with van der Waals surface area (Å²) >= 11 is 0. The van der Waals surface area contributed by atoms with Crippen molar-refractivity contribution in [1.82, 2.24) is 15.2 Å². The Morgan fingerprint density at radius 2 is 2.00 bits per heavy atom. The normalized spacial score (nSPS) is 16.9. The molecular formula is C9H14N4O. The molecule has 0 radical (unpaired) electrons. The van der Waals surface area contributed by atoms with Gasteiger partial charge in [-0.05, 0) is 13.8 Å². The molecule has 2 heterocycles. The zero-order chi connectivity index (χ0) is 10.1. The maximum Gasteiger partial charge on any atom is 0.245 e. The molecule has 1 fully saturated rings. The van der Waals surface area contributed by atoms with Crippen LogP contribution in [0.15, 0.2) is 0 Å². The number of aliphatic hydroxyl groups is 1. The van der Waals surface area contributed by atoms with Crippen molar-refractivity contribution in [3.8, 4) is 0 Å². The molecule has 0 saturated carbocycles. The van der Waals surface area contributed by atoms with E-state index in [2.05, 4.69) is 15.2 Å². The van der Waals surface area contributed by atoms with Gasteiger partial charge in [0.25, 0.3) is 0 Å². The molecule has 1 saturated heterocycles. The summed E-state index contributed by atoms with van der Waals surface area (Å²) in [6, 6.07) is 0. The molecule has 0 amide bonds. The minimum atomic E-state index is 0.245. The third-order valence-corrected chi connectivity index (χ3v) is 2.58. The predicted octanol–water partition coefficient (Wildman–Crippen LogP) is -0.0831. The summed E-state index contributed by atoms with van der Waals surface area (Å²) in [5.74, 6) is 1.05. The topological polar surface area (TPSA) is 62.1 Å². The molecular weight excluding hydrogens is 180 g/mol. The van der Waals surface area contributed by atoms with Gasteiger partial charge in [-0.2, -0.15) is 5.10 Å². The molecule has 1 aromatic heterocycles. The number of rotatable bonds is 2. The maximum atomic E-state index is 8.87. The number of nitrogens with zero attached hydrogens (tertiary/aromatic N) is 4. The van der Waals surface area contributed by atoms with Gasteiger partial charge in [-0.3, -0.25) is 0 Å². The monoisotopic (exact) mass is 194 g/mol. The van der Waals surface area contributed by atoms with E-state index < -0.39 is 0 Å².